The molecule has 2 heterocycles. The summed E-state index contributed by atoms with van der Waals surface area (Å²) in [5, 5.41) is 0. The molecular weight excluding hydrogens is 238 g/mol. The lowest BCUT2D eigenvalue weighted by Crippen LogP contribution is -2.56. The fraction of sp³-hybridized carbons (Fsp3) is 0.533. The number of nitrogens with two attached hydrogens (primary N) is 1. The maximum absolute atomic E-state index is 12.6. The molecule has 19 heavy (non-hydrogen) atoms. The molecule has 2 atom stereocenters. The molecule has 2 saturated heterocycles. The molecule has 0 aromatic heterocycles. The van der Waals surface area contributed by atoms with Gasteiger partial charge in [0.25, 0.3) is 5.91 Å². The van der Waals surface area contributed by atoms with Gasteiger partial charge in [0.15, 0.2) is 0 Å². The predicted molar refractivity (Wildman–Crippen MR) is 75.9 cm³/mol. The maximum Gasteiger partial charge on any atom is 0.256 e. The van der Waals surface area contributed by atoms with Gasteiger partial charge < -0.3 is 10.6 Å². The minimum absolute atomic E-state index is 0.0807. The Bertz CT molecular complexity index is 488. The third kappa shape index (κ3) is 2.21. The maximum atomic E-state index is 12.6. The van der Waals surface area contributed by atoms with Gasteiger partial charge in [-0.1, -0.05) is 12.1 Å². The first-order valence-corrected chi connectivity index (χ1v) is 7.06. The lowest BCUT2D eigenvalue weighted by atomic mass is 10.1. The second kappa shape index (κ2) is 4.85. The summed E-state index contributed by atoms with van der Waals surface area (Å²) >= 11 is 0. The van der Waals surface area contributed by atoms with Crippen LogP contribution in [0.2, 0.25) is 0 Å². The fourth-order valence-electron chi connectivity index (χ4n) is 3.32. The number of nitrogens with zero attached hydrogens (tertiary/aromatic N) is 2. The van der Waals surface area contributed by atoms with Crippen LogP contribution in [0.15, 0.2) is 24.3 Å². The first-order valence-electron chi connectivity index (χ1n) is 7.06. The van der Waals surface area contributed by atoms with Gasteiger partial charge in [0, 0.05) is 30.9 Å². The Morgan fingerprint density at radius 3 is 2.89 bits per heavy atom. The van der Waals surface area contributed by atoms with Crippen LogP contribution >= 0.6 is 0 Å². The first kappa shape index (κ1) is 12.5. The second-order valence-electron chi connectivity index (χ2n) is 5.68. The van der Waals surface area contributed by atoms with Gasteiger partial charge in [0.1, 0.15) is 0 Å². The van der Waals surface area contributed by atoms with Gasteiger partial charge >= 0.3 is 0 Å². The van der Waals surface area contributed by atoms with E-state index in [0.717, 1.165) is 13.1 Å². The number of anilines is 1. The Morgan fingerprint density at radius 2 is 2.11 bits per heavy atom. The van der Waals surface area contributed by atoms with Crippen LogP contribution in [0.4, 0.5) is 5.69 Å². The van der Waals surface area contributed by atoms with Crippen molar-refractivity contribution in [1.82, 2.24) is 9.80 Å². The molecule has 1 aromatic carbocycles. The van der Waals surface area contributed by atoms with E-state index in [1.807, 2.05) is 23.1 Å². The standard InChI is InChI=1S/C15H21N3O/c1-11-9-17-8-4-5-12(17)10-18(11)15(19)13-6-2-3-7-14(13)16/h2-3,6-7,11-12H,4-5,8-10,16H2,1H3. The molecule has 3 rings (SSSR count). The van der Waals surface area contributed by atoms with Gasteiger partial charge in [0.05, 0.1) is 5.56 Å². The number of benzene rings is 1. The van der Waals surface area contributed by atoms with Crippen LogP contribution in [-0.2, 0) is 0 Å². The van der Waals surface area contributed by atoms with Crippen LogP contribution in [0.3, 0.4) is 0 Å². The zero-order valence-corrected chi connectivity index (χ0v) is 11.4. The summed E-state index contributed by atoms with van der Waals surface area (Å²) < 4.78 is 0. The summed E-state index contributed by atoms with van der Waals surface area (Å²) in [5.41, 5.74) is 7.14. The van der Waals surface area contributed by atoms with Gasteiger partial charge in [0.2, 0.25) is 0 Å². The average molecular weight is 259 g/mol. The van der Waals surface area contributed by atoms with Crippen LogP contribution < -0.4 is 5.73 Å². The predicted octanol–water partition coefficient (Wildman–Crippen LogP) is 1.58. The number of piperazine rings is 1. The fourth-order valence-corrected chi connectivity index (χ4v) is 3.32. The smallest absolute Gasteiger partial charge is 0.256 e. The summed E-state index contributed by atoms with van der Waals surface area (Å²) in [6.45, 7) is 5.15. The molecule has 2 N–H and O–H groups in total. The number of carbonyl (C=O) groups excluding carboxylic acids is 1. The topological polar surface area (TPSA) is 49.6 Å². The molecular formula is C15H21N3O. The molecule has 4 nitrogen and oxygen atoms in total. The largest absolute Gasteiger partial charge is 0.398 e. The number of hydrogen-bond acceptors (Lipinski definition) is 3. The highest BCUT2D eigenvalue weighted by Crippen LogP contribution is 2.26. The van der Waals surface area contributed by atoms with Crippen molar-refractivity contribution in [2.75, 3.05) is 25.4 Å². The van der Waals surface area contributed by atoms with Gasteiger partial charge in [-0.05, 0) is 38.4 Å². The van der Waals surface area contributed by atoms with E-state index in [2.05, 4.69) is 11.8 Å². The number of fused-ring (bicyclic) bond motifs is 1. The third-order valence-corrected chi connectivity index (χ3v) is 4.39. The van der Waals surface area contributed by atoms with Crippen LogP contribution in [0.5, 0.6) is 0 Å². The van der Waals surface area contributed by atoms with Crippen molar-refractivity contribution >= 4 is 11.6 Å². The summed E-state index contributed by atoms with van der Waals surface area (Å²) in [6.07, 6.45) is 2.47. The van der Waals surface area contributed by atoms with Crippen molar-refractivity contribution < 1.29 is 4.79 Å². The van der Waals surface area contributed by atoms with E-state index in [9.17, 15) is 4.79 Å². The first-order chi connectivity index (χ1) is 9.16. The van der Waals surface area contributed by atoms with Crippen LogP contribution in [0.25, 0.3) is 0 Å². The lowest BCUT2D eigenvalue weighted by molar-refractivity contribution is 0.0396. The molecule has 0 aliphatic carbocycles. The number of para-hydroxylation sites is 1. The van der Waals surface area contributed by atoms with Gasteiger partial charge in [-0.3, -0.25) is 9.69 Å². The molecule has 4 heteroatoms. The summed E-state index contributed by atoms with van der Waals surface area (Å²) in [5.74, 6) is 0.0807. The van der Waals surface area contributed by atoms with E-state index >= 15 is 0 Å². The molecule has 1 aromatic rings. The van der Waals surface area contributed by atoms with E-state index in [1.54, 1.807) is 6.07 Å². The van der Waals surface area contributed by atoms with Crippen LogP contribution in [0, 0.1) is 0 Å². The molecule has 2 aliphatic rings. The van der Waals surface area contributed by atoms with Gasteiger partial charge in [-0.15, -0.1) is 0 Å². The van der Waals surface area contributed by atoms with Crippen LogP contribution in [0.1, 0.15) is 30.1 Å². The summed E-state index contributed by atoms with van der Waals surface area (Å²) in [6, 6.07) is 8.17. The average Bonchev–Trinajstić information content (AvgIpc) is 2.84. The van der Waals surface area contributed by atoms with E-state index in [4.69, 9.17) is 5.73 Å². The van der Waals surface area contributed by atoms with Crippen molar-refractivity contribution in [1.29, 1.82) is 0 Å². The highest BCUT2D eigenvalue weighted by Gasteiger charge is 2.36. The summed E-state index contributed by atoms with van der Waals surface area (Å²) in [7, 11) is 0. The van der Waals surface area contributed by atoms with E-state index < -0.39 is 0 Å². The second-order valence-corrected chi connectivity index (χ2v) is 5.68. The molecule has 1 amide bonds. The quantitative estimate of drug-likeness (QED) is 0.779. The highest BCUT2D eigenvalue weighted by atomic mass is 16.2. The van der Waals surface area contributed by atoms with Gasteiger partial charge in [-0.2, -0.15) is 0 Å². The number of carbonyl (C=O) groups is 1. The molecule has 2 aliphatic heterocycles. The number of rotatable bonds is 1. The Kier molecular flexibility index (Phi) is 3.19. The molecule has 102 valence electrons. The monoisotopic (exact) mass is 259 g/mol. The molecule has 0 spiro atoms. The van der Waals surface area contributed by atoms with E-state index in [1.165, 1.54) is 19.4 Å². The van der Waals surface area contributed by atoms with Crippen molar-refractivity contribution in [3.8, 4) is 0 Å². The molecule has 0 radical (unpaired) electrons. The van der Waals surface area contributed by atoms with Crippen molar-refractivity contribution in [3.05, 3.63) is 29.8 Å². The zero-order valence-electron chi connectivity index (χ0n) is 11.4. The highest BCUT2D eigenvalue weighted by molar-refractivity contribution is 5.99. The van der Waals surface area contributed by atoms with E-state index in [-0.39, 0.29) is 11.9 Å². The number of nitrogen functional groups attached to an aromatic ring is 1. The molecule has 2 unspecified atom stereocenters. The lowest BCUT2D eigenvalue weighted by Gasteiger charge is -2.42. The van der Waals surface area contributed by atoms with Gasteiger partial charge in [-0.25, -0.2) is 0 Å². The van der Waals surface area contributed by atoms with Crippen molar-refractivity contribution in [3.63, 3.8) is 0 Å². The Morgan fingerprint density at radius 1 is 1.32 bits per heavy atom. The Hall–Kier alpha value is -1.55. The number of hydrogen-bond donors (Lipinski definition) is 1. The number of amides is 1. The molecule has 0 bridgehead atoms. The van der Waals surface area contributed by atoms with Crippen LogP contribution in [-0.4, -0.2) is 47.4 Å². The Labute approximate surface area is 114 Å². The summed E-state index contributed by atoms with van der Waals surface area (Å²) in [4.78, 5) is 17.2. The minimum atomic E-state index is 0.0807. The minimum Gasteiger partial charge on any atom is -0.398 e. The van der Waals surface area contributed by atoms with Crippen molar-refractivity contribution in [2.24, 2.45) is 0 Å². The molecule has 0 saturated carbocycles. The SMILES string of the molecule is CC1CN2CCCC2CN1C(=O)c1ccccc1N. The molecule has 2 fully saturated rings. The zero-order chi connectivity index (χ0) is 13.4. The normalized spacial score (nSPS) is 27.3. The Balaban J connectivity index is 1.81. The third-order valence-electron chi connectivity index (χ3n) is 4.39. The van der Waals surface area contributed by atoms with Crippen molar-refractivity contribution in [2.45, 2.75) is 31.8 Å². The van der Waals surface area contributed by atoms with E-state index in [0.29, 0.717) is 17.3 Å².